The Balaban J connectivity index is 1.97. The predicted molar refractivity (Wildman–Crippen MR) is 76.5 cm³/mol. The van der Waals surface area contributed by atoms with Crippen LogP contribution in [0.25, 0.3) is 11.4 Å². The molecule has 1 aromatic carbocycles. The summed E-state index contributed by atoms with van der Waals surface area (Å²) < 4.78 is 1.64. The normalized spacial score (nSPS) is 17.0. The van der Waals surface area contributed by atoms with Gasteiger partial charge in [0.15, 0.2) is 5.82 Å². The number of tetrazole rings is 1. The molecule has 21 heavy (non-hydrogen) atoms. The third kappa shape index (κ3) is 2.41. The molecule has 0 atom stereocenters. The SMILES string of the molecule is Cc1ccccc1-c1nnnn1CC1(C(=O)O)CCCC1. The molecule has 0 saturated heterocycles. The van der Waals surface area contributed by atoms with E-state index in [0.717, 1.165) is 24.0 Å². The number of benzene rings is 1. The van der Waals surface area contributed by atoms with Crippen LogP contribution in [0, 0.1) is 12.3 Å². The molecule has 0 amide bonds. The van der Waals surface area contributed by atoms with Crippen LogP contribution in [0.4, 0.5) is 0 Å². The van der Waals surface area contributed by atoms with Gasteiger partial charge in [-0.2, -0.15) is 0 Å². The van der Waals surface area contributed by atoms with Crippen molar-refractivity contribution in [2.45, 2.75) is 39.2 Å². The Morgan fingerprint density at radius 2 is 2.05 bits per heavy atom. The quantitative estimate of drug-likeness (QED) is 0.932. The highest BCUT2D eigenvalue weighted by atomic mass is 16.4. The van der Waals surface area contributed by atoms with E-state index >= 15 is 0 Å². The summed E-state index contributed by atoms with van der Waals surface area (Å²) in [6.45, 7) is 2.33. The topological polar surface area (TPSA) is 80.9 Å². The van der Waals surface area contributed by atoms with E-state index in [1.54, 1.807) is 4.68 Å². The van der Waals surface area contributed by atoms with Gasteiger partial charge >= 0.3 is 5.97 Å². The van der Waals surface area contributed by atoms with Crippen molar-refractivity contribution in [3.8, 4) is 11.4 Å². The van der Waals surface area contributed by atoms with Crippen LogP contribution in [-0.2, 0) is 11.3 Å². The largest absolute Gasteiger partial charge is 0.481 e. The molecule has 110 valence electrons. The molecule has 2 aromatic rings. The lowest BCUT2D eigenvalue weighted by Gasteiger charge is -2.23. The lowest BCUT2D eigenvalue weighted by Crippen LogP contribution is -2.33. The fourth-order valence-electron chi connectivity index (χ4n) is 3.11. The molecule has 1 fully saturated rings. The monoisotopic (exact) mass is 286 g/mol. The van der Waals surface area contributed by atoms with Gasteiger partial charge < -0.3 is 5.11 Å². The number of carbonyl (C=O) groups is 1. The van der Waals surface area contributed by atoms with Gasteiger partial charge in [0.1, 0.15) is 0 Å². The highest BCUT2D eigenvalue weighted by Crippen LogP contribution is 2.40. The predicted octanol–water partition coefficient (Wildman–Crippen LogP) is 2.29. The Morgan fingerprint density at radius 1 is 1.33 bits per heavy atom. The molecule has 0 bridgehead atoms. The van der Waals surface area contributed by atoms with Gasteiger partial charge in [-0.1, -0.05) is 37.1 Å². The number of carboxylic acids is 1. The Kier molecular flexibility index (Phi) is 3.45. The van der Waals surface area contributed by atoms with Gasteiger partial charge in [-0.05, 0) is 35.8 Å². The van der Waals surface area contributed by atoms with Crippen LogP contribution in [0.5, 0.6) is 0 Å². The minimum atomic E-state index is -0.744. The van der Waals surface area contributed by atoms with Crippen LogP contribution in [0.3, 0.4) is 0 Å². The molecular weight excluding hydrogens is 268 g/mol. The van der Waals surface area contributed by atoms with Crippen LogP contribution >= 0.6 is 0 Å². The second-order valence-electron chi connectivity index (χ2n) is 5.77. The van der Waals surface area contributed by atoms with Gasteiger partial charge in [0.25, 0.3) is 0 Å². The van der Waals surface area contributed by atoms with E-state index in [1.807, 2.05) is 31.2 Å². The van der Waals surface area contributed by atoms with Crippen molar-refractivity contribution >= 4 is 5.97 Å². The molecule has 0 unspecified atom stereocenters. The second-order valence-corrected chi connectivity index (χ2v) is 5.77. The van der Waals surface area contributed by atoms with Gasteiger partial charge in [0, 0.05) is 5.56 Å². The van der Waals surface area contributed by atoms with Gasteiger partial charge in [-0.15, -0.1) is 5.10 Å². The lowest BCUT2D eigenvalue weighted by molar-refractivity contribution is -0.149. The third-order valence-electron chi connectivity index (χ3n) is 4.38. The average molecular weight is 286 g/mol. The summed E-state index contributed by atoms with van der Waals surface area (Å²) >= 11 is 0. The van der Waals surface area contributed by atoms with E-state index in [-0.39, 0.29) is 0 Å². The molecule has 1 aliphatic carbocycles. The summed E-state index contributed by atoms with van der Waals surface area (Å²) in [7, 11) is 0. The van der Waals surface area contributed by atoms with Crippen molar-refractivity contribution in [1.29, 1.82) is 0 Å². The zero-order valence-corrected chi connectivity index (χ0v) is 12.0. The third-order valence-corrected chi connectivity index (χ3v) is 4.38. The summed E-state index contributed by atoms with van der Waals surface area (Å²) in [5.74, 6) is -0.105. The molecule has 1 heterocycles. The first-order valence-corrected chi connectivity index (χ1v) is 7.18. The molecular formula is C15H18N4O2. The fraction of sp³-hybridized carbons (Fsp3) is 0.467. The van der Waals surface area contributed by atoms with Crippen molar-refractivity contribution in [2.24, 2.45) is 5.41 Å². The van der Waals surface area contributed by atoms with E-state index in [2.05, 4.69) is 15.5 Å². The van der Waals surface area contributed by atoms with Crippen LogP contribution in [0.1, 0.15) is 31.2 Å². The molecule has 6 nitrogen and oxygen atoms in total. The molecule has 0 radical (unpaired) electrons. The van der Waals surface area contributed by atoms with Crippen molar-refractivity contribution in [3.05, 3.63) is 29.8 Å². The summed E-state index contributed by atoms with van der Waals surface area (Å²) in [5, 5.41) is 21.4. The molecule has 1 N–H and O–H groups in total. The van der Waals surface area contributed by atoms with Crippen LogP contribution in [-0.4, -0.2) is 31.3 Å². The minimum Gasteiger partial charge on any atom is -0.481 e. The lowest BCUT2D eigenvalue weighted by atomic mass is 9.86. The number of aryl methyl sites for hydroxylation is 1. The second kappa shape index (κ2) is 5.27. The maximum Gasteiger partial charge on any atom is 0.311 e. The van der Waals surface area contributed by atoms with Crippen molar-refractivity contribution in [3.63, 3.8) is 0 Å². The van der Waals surface area contributed by atoms with Crippen LogP contribution < -0.4 is 0 Å². The van der Waals surface area contributed by atoms with E-state index in [4.69, 9.17) is 0 Å². The molecule has 0 aliphatic heterocycles. The minimum absolute atomic E-state index is 0.332. The molecule has 1 aromatic heterocycles. The van der Waals surface area contributed by atoms with Gasteiger partial charge in [-0.25, -0.2) is 4.68 Å². The summed E-state index contributed by atoms with van der Waals surface area (Å²) in [4.78, 5) is 11.7. The summed E-state index contributed by atoms with van der Waals surface area (Å²) in [5.41, 5.74) is 1.29. The Labute approximate surface area is 122 Å². The zero-order chi connectivity index (χ0) is 14.9. The summed E-state index contributed by atoms with van der Waals surface area (Å²) in [6, 6.07) is 7.85. The van der Waals surface area contributed by atoms with Gasteiger partial charge in [0.05, 0.1) is 12.0 Å². The maximum absolute atomic E-state index is 11.7. The zero-order valence-electron chi connectivity index (χ0n) is 12.0. The number of hydrogen-bond donors (Lipinski definition) is 1. The first kappa shape index (κ1) is 13.7. The van der Waals surface area contributed by atoms with E-state index in [1.165, 1.54) is 0 Å². The Morgan fingerprint density at radius 3 is 2.71 bits per heavy atom. The van der Waals surface area contributed by atoms with Crippen molar-refractivity contribution in [2.75, 3.05) is 0 Å². The average Bonchev–Trinajstić information content (AvgIpc) is 3.10. The first-order chi connectivity index (χ1) is 10.1. The van der Waals surface area contributed by atoms with Gasteiger partial charge in [-0.3, -0.25) is 4.79 Å². The molecule has 6 heteroatoms. The van der Waals surface area contributed by atoms with Crippen molar-refractivity contribution < 1.29 is 9.90 Å². The number of carboxylic acid groups (broad SMARTS) is 1. The summed E-state index contributed by atoms with van der Waals surface area (Å²) in [6.07, 6.45) is 3.28. The Hall–Kier alpha value is -2.24. The van der Waals surface area contributed by atoms with E-state index in [9.17, 15) is 9.90 Å². The molecule has 1 saturated carbocycles. The number of hydrogen-bond acceptors (Lipinski definition) is 4. The number of aliphatic carboxylic acids is 1. The van der Waals surface area contributed by atoms with Crippen LogP contribution in [0.15, 0.2) is 24.3 Å². The van der Waals surface area contributed by atoms with E-state index < -0.39 is 11.4 Å². The van der Waals surface area contributed by atoms with Crippen molar-refractivity contribution in [1.82, 2.24) is 20.2 Å². The number of aromatic nitrogens is 4. The maximum atomic E-state index is 11.7. The smallest absolute Gasteiger partial charge is 0.311 e. The molecule has 0 spiro atoms. The number of rotatable bonds is 4. The molecule has 1 aliphatic rings. The molecule has 3 rings (SSSR count). The standard InChI is InChI=1S/C15H18N4O2/c1-11-6-2-3-7-12(11)13-16-17-18-19(13)10-15(14(20)21)8-4-5-9-15/h2-3,6-7H,4-5,8-10H2,1H3,(H,20,21). The highest BCUT2D eigenvalue weighted by Gasteiger charge is 2.42. The van der Waals surface area contributed by atoms with Gasteiger partial charge in [0.2, 0.25) is 0 Å². The van der Waals surface area contributed by atoms with E-state index in [0.29, 0.717) is 25.2 Å². The fourth-order valence-corrected chi connectivity index (χ4v) is 3.11. The first-order valence-electron chi connectivity index (χ1n) is 7.18. The number of nitrogens with zero attached hydrogens (tertiary/aromatic N) is 4. The Bertz CT molecular complexity index is 659. The van der Waals surface area contributed by atoms with Crippen LogP contribution in [0.2, 0.25) is 0 Å². The highest BCUT2D eigenvalue weighted by molar-refractivity contribution is 5.75.